The third-order valence-electron chi connectivity index (χ3n) is 2.80. The van der Waals surface area contributed by atoms with Gasteiger partial charge in [0.15, 0.2) is 0 Å². The summed E-state index contributed by atoms with van der Waals surface area (Å²) in [7, 11) is 0. The number of nitrogen functional groups attached to an aromatic ring is 1. The molecule has 0 spiro atoms. The maximum absolute atomic E-state index is 11.9. The van der Waals surface area contributed by atoms with Crippen molar-refractivity contribution in [2.24, 2.45) is 0 Å². The van der Waals surface area contributed by atoms with Crippen LogP contribution in [0.3, 0.4) is 0 Å². The van der Waals surface area contributed by atoms with Gasteiger partial charge in [-0.05, 0) is 31.9 Å². The summed E-state index contributed by atoms with van der Waals surface area (Å²) in [5.41, 5.74) is 9.52. The number of nitrogens with two attached hydrogens (primary N) is 1. The maximum atomic E-state index is 11.9. The molecule has 1 aromatic heterocycles. The first-order valence-corrected chi connectivity index (χ1v) is 5.98. The Bertz CT molecular complexity index is 594. The first-order chi connectivity index (χ1) is 8.95. The van der Waals surface area contributed by atoms with Crippen LogP contribution in [-0.4, -0.2) is 20.7 Å². The molecule has 19 heavy (non-hydrogen) atoms. The minimum Gasteiger partial charge on any atom is -0.367 e. The number of carbonyl (C=O) groups excluding carboxylic acids is 1. The van der Waals surface area contributed by atoms with E-state index < -0.39 is 0 Å². The Morgan fingerprint density at radius 1 is 1.32 bits per heavy atom. The first kappa shape index (κ1) is 13.1. The summed E-state index contributed by atoms with van der Waals surface area (Å²) in [6, 6.07) is 4.08. The fourth-order valence-corrected chi connectivity index (χ4v) is 2.09. The van der Waals surface area contributed by atoms with E-state index in [0.29, 0.717) is 0 Å². The monoisotopic (exact) mass is 259 g/mol. The highest BCUT2D eigenvalue weighted by Gasteiger charge is 2.09. The fourth-order valence-electron chi connectivity index (χ4n) is 2.09. The summed E-state index contributed by atoms with van der Waals surface area (Å²) in [6.45, 7) is 6.08. The SMILES string of the molecule is Cc1cc(C)c(NC(=O)Cn2cnc(N)n2)c(C)c1. The molecule has 6 heteroatoms. The van der Waals surface area contributed by atoms with E-state index in [4.69, 9.17) is 5.73 Å². The van der Waals surface area contributed by atoms with Crippen molar-refractivity contribution in [2.45, 2.75) is 27.3 Å². The number of carbonyl (C=O) groups is 1. The van der Waals surface area contributed by atoms with E-state index in [1.807, 2.05) is 32.9 Å². The van der Waals surface area contributed by atoms with Crippen molar-refractivity contribution < 1.29 is 4.79 Å². The lowest BCUT2D eigenvalue weighted by Gasteiger charge is -2.12. The van der Waals surface area contributed by atoms with E-state index in [9.17, 15) is 4.79 Å². The van der Waals surface area contributed by atoms with Gasteiger partial charge >= 0.3 is 0 Å². The molecule has 0 atom stereocenters. The molecule has 0 aliphatic heterocycles. The van der Waals surface area contributed by atoms with Gasteiger partial charge in [-0.1, -0.05) is 17.7 Å². The average Bonchev–Trinajstić information content (AvgIpc) is 2.69. The van der Waals surface area contributed by atoms with Gasteiger partial charge in [0.05, 0.1) is 0 Å². The summed E-state index contributed by atoms with van der Waals surface area (Å²) in [6.07, 6.45) is 1.43. The summed E-state index contributed by atoms with van der Waals surface area (Å²) in [5.74, 6) is 0.00968. The highest BCUT2D eigenvalue weighted by atomic mass is 16.2. The fraction of sp³-hybridized carbons (Fsp3) is 0.308. The Balaban J connectivity index is 2.11. The highest BCUT2D eigenvalue weighted by molar-refractivity contribution is 5.92. The molecule has 0 saturated carbocycles. The molecule has 0 aliphatic carbocycles. The molecule has 6 nitrogen and oxygen atoms in total. The highest BCUT2D eigenvalue weighted by Crippen LogP contribution is 2.21. The van der Waals surface area contributed by atoms with Crippen molar-refractivity contribution in [3.63, 3.8) is 0 Å². The number of nitrogens with one attached hydrogen (secondary N) is 1. The lowest BCUT2D eigenvalue weighted by atomic mass is 10.1. The summed E-state index contributed by atoms with van der Waals surface area (Å²) < 4.78 is 1.41. The molecule has 0 bridgehead atoms. The van der Waals surface area contributed by atoms with Gasteiger partial charge in [-0.15, -0.1) is 5.10 Å². The van der Waals surface area contributed by atoms with Crippen LogP contribution >= 0.6 is 0 Å². The van der Waals surface area contributed by atoms with E-state index in [-0.39, 0.29) is 18.4 Å². The summed E-state index contributed by atoms with van der Waals surface area (Å²) >= 11 is 0. The largest absolute Gasteiger partial charge is 0.367 e. The molecule has 0 fully saturated rings. The smallest absolute Gasteiger partial charge is 0.246 e. The second-order valence-corrected chi connectivity index (χ2v) is 4.62. The average molecular weight is 259 g/mol. The van der Waals surface area contributed by atoms with Crippen LogP contribution in [0.5, 0.6) is 0 Å². The van der Waals surface area contributed by atoms with Crippen molar-refractivity contribution in [1.29, 1.82) is 0 Å². The van der Waals surface area contributed by atoms with E-state index in [1.165, 1.54) is 16.6 Å². The molecule has 0 radical (unpaired) electrons. The van der Waals surface area contributed by atoms with Gasteiger partial charge in [-0.3, -0.25) is 4.79 Å². The van der Waals surface area contributed by atoms with Gasteiger partial charge in [0.25, 0.3) is 0 Å². The molecular formula is C13H17N5O. The lowest BCUT2D eigenvalue weighted by Crippen LogP contribution is -2.20. The number of aromatic nitrogens is 3. The van der Waals surface area contributed by atoms with Crippen LogP contribution in [-0.2, 0) is 11.3 Å². The molecule has 3 N–H and O–H groups in total. The number of amides is 1. The number of hydrogen-bond acceptors (Lipinski definition) is 4. The zero-order valence-electron chi connectivity index (χ0n) is 11.3. The van der Waals surface area contributed by atoms with Crippen LogP contribution in [0.25, 0.3) is 0 Å². The molecule has 1 aromatic carbocycles. The van der Waals surface area contributed by atoms with Crippen LogP contribution < -0.4 is 11.1 Å². The third-order valence-corrected chi connectivity index (χ3v) is 2.80. The molecular weight excluding hydrogens is 242 g/mol. The van der Waals surface area contributed by atoms with E-state index in [1.54, 1.807) is 0 Å². The Hall–Kier alpha value is -2.37. The van der Waals surface area contributed by atoms with Crippen LogP contribution in [0.1, 0.15) is 16.7 Å². The molecule has 100 valence electrons. The second-order valence-electron chi connectivity index (χ2n) is 4.62. The van der Waals surface area contributed by atoms with E-state index >= 15 is 0 Å². The van der Waals surface area contributed by atoms with Gasteiger partial charge in [0, 0.05) is 5.69 Å². The minimum atomic E-state index is -0.153. The van der Waals surface area contributed by atoms with Crippen molar-refractivity contribution >= 4 is 17.5 Å². The summed E-state index contributed by atoms with van der Waals surface area (Å²) in [4.78, 5) is 15.7. The number of hydrogen-bond donors (Lipinski definition) is 2. The Kier molecular flexibility index (Phi) is 3.50. The lowest BCUT2D eigenvalue weighted by molar-refractivity contribution is -0.116. The molecule has 2 aromatic rings. The number of aryl methyl sites for hydroxylation is 3. The van der Waals surface area contributed by atoms with Gasteiger partial charge in [0.1, 0.15) is 12.9 Å². The molecule has 0 unspecified atom stereocenters. The minimum absolute atomic E-state index is 0.0942. The molecule has 2 rings (SSSR count). The van der Waals surface area contributed by atoms with Crippen molar-refractivity contribution in [1.82, 2.24) is 14.8 Å². The van der Waals surface area contributed by atoms with Crippen LogP contribution in [0.4, 0.5) is 11.6 Å². The Labute approximate surface area is 111 Å². The second kappa shape index (κ2) is 5.09. The first-order valence-electron chi connectivity index (χ1n) is 5.98. The van der Waals surface area contributed by atoms with E-state index in [0.717, 1.165) is 16.8 Å². The van der Waals surface area contributed by atoms with Crippen LogP contribution in [0, 0.1) is 20.8 Å². The third kappa shape index (κ3) is 3.09. The molecule has 1 heterocycles. The van der Waals surface area contributed by atoms with Gasteiger partial charge in [-0.2, -0.15) is 0 Å². The number of rotatable bonds is 3. The number of benzene rings is 1. The molecule has 1 amide bonds. The van der Waals surface area contributed by atoms with Crippen molar-refractivity contribution in [3.8, 4) is 0 Å². The maximum Gasteiger partial charge on any atom is 0.246 e. The molecule has 0 aliphatic rings. The Morgan fingerprint density at radius 2 is 1.95 bits per heavy atom. The standard InChI is InChI=1S/C13H17N5O/c1-8-4-9(2)12(10(3)5-8)16-11(19)6-18-7-15-13(14)17-18/h4-5,7H,6H2,1-3H3,(H2,14,17)(H,16,19). The zero-order valence-corrected chi connectivity index (χ0v) is 11.3. The van der Waals surface area contributed by atoms with Gasteiger partial charge in [-0.25, -0.2) is 9.67 Å². The van der Waals surface area contributed by atoms with Crippen molar-refractivity contribution in [3.05, 3.63) is 35.2 Å². The van der Waals surface area contributed by atoms with Crippen LogP contribution in [0.15, 0.2) is 18.5 Å². The Morgan fingerprint density at radius 3 is 2.47 bits per heavy atom. The summed E-state index contributed by atoms with van der Waals surface area (Å²) in [5, 5.41) is 6.77. The van der Waals surface area contributed by atoms with Crippen LogP contribution in [0.2, 0.25) is 0 Å². The number of nitrogens with zero attached hydrogens (tertiary/aromatic N) is 3. The predicted molar refractivity (Wildman–Crippen MR) is 73.7 cm³/mol. The van der Waals surface area contributed by atoms with Gasteiger partial charge < -0.3 is 11.1 Å². The normalized spacial score (nSPS) is 10.5. The van der Waals surface area contributed by atoms with Gasteiger partial charge in [0.2, 0.25) is 11.9 Å². The topological polar surface area (TPSA) is 85.8 Å². The quantitative estimate of drug-likeness (QED) is 0.873. The number of anilines is 2. The van der Waals surface area contributed by atoms with E-state index in [2.05, 4.69) is 15.4 Å². The predicted octanol–water partition coefficient (Wildman–Crippen LogP) is 1.42. The zero-order chi connectivity index (χ0) is 14.0. The molecule has 0 saturated heterocycles. The van der Waals surface area contributed by atoms with Crippen molar-refractivity contribution in [2.75, 3.05) is 11.1 Å².